The van der Waals surface area contributed by atoms with Crippen molar-refractivity contribution < 1.29 is 14.3 Å². The van der Waals surface area contributed by atoms with Crippen LogP contribution in [0.4, 0.5) is 4.79 Å². The van der Waals surface area contributed by atoms with Crippen LogP contribution >= 0.6 is 11.8 Å². The highest BCUT2D eigenvalue weighted by molar-refractivity contribution is 8.15. The van der Waals surface area contributed by atoms with Crippen molar-refractivity contribution >= 4 is 33.9 Å². The molecule has 1 aliphatic rings. The minimum absolute atomic E-state index is 0.116. The highest BCUT2D eigenvalue weighted by Crippen LogP contribution is 2.23. The molecule has 0 aliphatic carbocycles. The lowest BCUT2D eigenvalue weighted by atomic mass is 10.0. The van der Waals surface area contributed by atoms with Crippen molar-refractivity contribution in [2.45, 2.75) is 51.1 Å². The van der Waals surface area contributed by atoms with Crippen LogP contribution in [0.1, 0.15) is 42.0 Å². The second kappa shape index (κ2) is 12.0. The largest absolute Gasteiger partial charge is 0.375 e. The van der Waals surface area contributed by atoms with E-state index in [0.29, 0.717) is 30.0 Å². The van der Waals surface area contributed by atoms with Gasteiger partial charge in [-0.25, -0.2) is 9.78 Å². The van der Waals surface area contributed by atoms with E-state index in [1.165, 1.54) is 14.7 Å². The molecule has 10 heteroatoms. The summed E-state index contributed by atoms with van der Waals surface area (Å²) in [6.45, 7) is 5.21. The minimum atomic E-state index is -0.456. The van der Waals surface area contributed by atoms with E-state index in [0.717, 1.165) is 28.5 Å². The molecule has 1 unspecified atom stereocenters. The second-order valence-corrected chi connectivity index (χ2v) is 11.2. The number of hydrogen-bond acceptors (Lipinski definition) is 7. The predicted molar refractivity (Wildman–Crippen MR) is 155 cm³/mol. The predicted octanol–water partition coefficient (Wildman–Crippen LogP) is 3.84. The van der Waals surface area contributed by atoms with Gasteiger partial charge in [0.25, 0.3) is 10.8 Å². The van der Waals surface area contributed by atoms with E-state index in [1.807, 2.05) is 36.4 Å². The van der Waals surface area contributed by atoms with Gasteiger partial charge in [-0.1, -0.05) is 74.1 Å². The average molecular weight is 559 g/mol. The Morgan fingerprint density at radius 3 is 2.30 bits per heavy atom. The monoisotopic (exact) mass is 558 g/mol. The quantitative estimate of drug-likeness (QED) is 0.294. The molecule has 9 nitrogen and oxygen atoms in total. The van der Waals surface area contributed by atoms with Crippen LogP contribution in [0.25, 0.3) is 11.0 Å². The van der Waals surface area contributed by atoms with Gasteiger partial charge in [-0.3, -0.25) is 28.8 Å². The Balaban J connectivity index is 1.31. The molecule has 2 amide bonds. The normalized spacial score (nSPS) is 15.2. The number of amides is 2. The van der Waals surface area contributed by atoms with Crippen molar-refractivity contribution in [1.82, 2.24) is 19.4 Å². The zero-order chi connectivity index (χ0) is 28.2. The standard InChI is InChI=1S/C30H30N4O5S/c1-19(2)23-11-9-22(10-12-23)18-39-15-14-33-28(36)24-4-3-13-31-26(24)34(30(33)38)17-21-7-5-20(6-8-21)16-25-27(35)32-29(37)40-25/h3-13,19,25H,14-18H2,1-2H3,(H,32,35,37). The number of thioether (sulfide) groups is 1. The lowest BCUT2D eigenvalue weighted by Crippen LogP contribution is -2.41. The molecule has 2 aromatic heterocycles. The first kappa shape index (κ1) is 27.5. The zero-order valence-electron chi connectivity index (χ0n) is 22.3. The van der Waals surface area contributed by atoms with E-state index in [4.69, 9.17) is 4.74 Å². The fourth-order valence-corrected chi connectivity index (χ4v) is 5.50. The molecule has 3 heterocycles. The molecule has 4 aromatic rings. The Morgan fingerprint density at radius 1 is 0.925 bits per heavy atom. The number of aromatic nitrogens is 3. The van der Waals surface area contributed by atoms with Crippen LogP contribution in [0.5, 0.6) is 0 Å². The summed E-state index contributed by atoms with van der Waals surface area (Å²) in [6, 6.07) is 19.1. The molecular formula is C30H30N4O5S. The van der Waals surface area contributed by atoms with Crippen LogP contribution in [-0.2, 0) is 35.6 Å². The molecule has 206 valence electrons. The zero-order valence-corrected chi connectivity index (χ0v) is 23.1. The van der Waals surface area contributed by atoms with E-state index in [9.17, 15) is 19.2 Å². The first-order valence-electron chi connectivity index (χ1n) is 13.1. The van der Waals surface area contributed by atoms with Crippen LogP contribution in [-0.4, -0.2) is 37.1 Å². The van der Waals surface area contributed by atoms with E-state index >= 15 is 0 Å². The van der Waals surface area contributed by atoms with Crippen molar-refractivity contribution in [2.75, 3.05) is 6.61 Å². The highest BCUT2D eigenvalue weighted by atomic mass is 32.2. The number of nitrogens with zero attached hydrogens (tertiary/aromatic N) is 3. The van der Waals surface area contributed by atoms with Crippen LogP contribution in [0.2, 0.25) is 0 Å². The second-order valence-electron chi connectivity index (χ2n) is 10.1. The third kappa shape index (κ3) is 6.08. The number of ether oxygens (including phenoxy) is 1. The highest BCUT2D eigenvalue weighted by Gasteiger charge is 2.31. The maximum atomic E-state index is 13.5. The Kier molecular flexibility index (Phi) is 8.27. The third-order valence-corrected chi connectivity index (χ3v) is 7.89. The summed E-state index contributed by atoms with van der Waals surface area (Å²) < 4.78 is 8.51. The number of hydrogen-bond donors (Lipinski definition) is 1. The molecule has 1 saturated heterocycles. The number of carbonyl (C=O) groups excluding carboxylic acids is 2. The van der Waals surface area contributed by atoms with Gasteiger partial charge < -0.3 is 4.74 Å². The van der Waals surface area contributed by atoms with Gasteiger partial charge in [0.2, 0.25) is 5.91 Å². The van der Waals surface area contributed by atoms with Gasteiger partial charge in [-0.2, -0.15) is 0 Å². The number of pyridine rings is 1. The van der Waals surface area contributed by atoms with Crippen molar-refractivity contribution in [3.8, 4) is 0 Å². The molecule has 40 heavy (non-hydrogen) atoms. The number of benzene rings is 2. The van der Waals surface area contributed by atoms with E-state index in [-0.39, 0.29) is 30.8 Å². The average Bonchev–Trinajstić information content (AvgIpc) is 3.27. The summed E-state index contributed by atoms with van der Waals surface area (Å²) in [5.41, 5.74) is 3.49. The summed E-state index contributed by atoms with van der Waals surface area (Å²) in [4.78, 5) is 54.3. The van der Waals surface area contributed by atoms with E-state index in [2.05, 4.69) is 36.3 Å². The fourth-order valence-electron chi connectivity index (χ4n) is 4.64. The molecule has 1 atom stereocenters. The molecule has 1 fully saturated rings. The van der Waals surface area contributed by atoms with E-state index in [1.54, 1.807) is 18.3 Å². The van der Waals surface area contributed by atoms with Crippen molar-refractivity contribution in [3.63, 3.8) is 0 Å². The molecule has 0 spiro atoms. The van der Waals surface area contributed by atoms with Crippen molar-refractivity contribution in [3.05, 3.63) is 110 Å². The van der Waals surface area contributed by atoms with E-state index < -0.39 is 16.5 Å². The topological polar surface area (TPSA) is 112 Å². The Morgan fingerprint density at radius 2 is 1.62 bits per heavy atom. The first-order chi connectivity index (χ1) is 19.3. The Labute approximate surface area is 235 Å². The van der Waals surface area contributed by atoms with Crippen molar-refractivity contribution in [2.24, 2.45) is 0 Å². The molecule has 2 aromatic carbocycles. The third-order valence-electron chi connectivity index (χ3n) is 6.91. The number of rotatable bonds is 10. The molecule has 1 aliphatic heterocycles. The summed E-state index contributed by atoms with van der Waals surface area (Å²) >= 11 is 0.994. The van der Waals surface area contributed by atoms with Gasteiger partial charge in [-0.15, -0.1) is 0 Å². The van der Waals surface area contributed by atoms with Gasteiger partial charge in [0.05, 0.1) is 36.9 Å². The molecule has 0 bridgehead atoms. The SMILES string of the molecule is CC(C)c1ccc(COCCn2c(=O)c3cccnc3n(Cc3ccc(CC4SC(=O)NC4=O)cc3)c2=O)cc1. The van der Waals surface area contributed by atoms with Crippen LogP contribution in [0.15, 0.2) is 76.4 Å². The number of fused-ring (bicyclic) bond motifs is 1. The molecule has 0 saturated carbocycles. The lowest BCUT2D eigenvalue weighted by molar-refractivity contribution is -0.118. The summed E-state index contributed by atoms with van der Waals surface area (Å²) in [5, 5.41) is 1.89. The summed E-state index contributed by atoms with van der Waals surface area (Å²) in [7, 11) is 0. The van der Waals surface area contributed by atoms with Gasteiger partial charge in [-0.05, 0) is 46.7 Å². The van der Waals surface area contributed by atoms with Crippen LogP contribution < -0.4 is 16.6 Å². The number of nitrogens with one attached hydrogen (secondary N) is 1. The van der Waals surface area contributed by atoms with Gasteiger partial charge in [0.15, 0.2) is 0 Å². The van der Waals surface area contributed by atoms with Crippen LogP contribution in [0, 0.1) is 0 Å². The smallest absolute Gasteiger partial charge is 0.333 e. The van der Waals surface area contributed by atoms with Gasteiger partial charge in [0, 0.05) is 6.20 Å². The van der Waals surface area contributed by atoms with Crippen molar-refractivity contribution in [1.29, 1.82) is 0 Å². The number of carbonyl (C=O) groups is 2. The van der Waals surface area contributed by atoms with Crippen LogP contribution in [0.3, 0.4) is 0 Å². The summed E-state index contributed by atoms with van der Waals surface area (Å²) in [6.07, 6.45) is 1.99. The minimum Gasteiger partial charge on any atom is -0.375 e. The maximum Gasteiger partial charge on any atom is 0.333 e. The Bertz CT molecular complexity index is 1660. The molecular weight excluding hydrogens is 528 g/mol. The molecule has 1 N–H and O–H groups in total. The number of imide groups is 1. The van der Waals surface area contributed by atoms with Gasteiger partial charge >= 0.3 is 5.69 Å². The Hall–Kier alpha value is -4.02. The molecule has 5 rings (SSSR count). The first-order valence-corrected chi connectivity index (χ1v) is 14.0. The fraction of sp³-hybridized carbons (Fsp3) is 0.300. The maximum absolute atomic E-state index is 13.5. The molecule has 0 radical (unpaired) electrons. The van der Waals surface area contributed by atoms with Gasteiger partial charge in [0.1, 0.15) is 5.65 Å². The summed E-state index contributed by atoms with van der Waals surface area (Å²) in [5.74, 6) is 0.175. The lowest BCUT2D eigenvalue weighted by Gasteiger charge is -2.14.